The molecule has 2 heterocycles. The number of carbonyl (C=O) groups is 1. The molecule has 2 fully saturated rings. The molecule has 0 spiro atoms. The number of carbonyl (C=O) groups excluding carboxylic acids is 1. The second-order valence-electron chi connectivity index (χ2n) is 5.82. The standard InChI is InChI=1S/C16H22N2OS/c1-11-5-6-14(12(2)8-11)16-17-9-15(19)18(16)10-13-4-3-7-20-13/h5-6,8,13,16-17H,3-4,7,9-10H2,1-2H3. The number of benzene rings is 1. The molecule has 0 aromatic heterocycles. The van der Waals surface area contributed by atoms with Gasteiger partial charge in [0.25, 0.3) is 0 Å². The first kappa shape index (κ1) is 14.0. The molecule has 2 aliphatic heterocycles. The van der Waals surface area contributed by atoms with Gasteiger partial charge in [-0.2, -0.15) is 11.8 Å². The second-order valence-corrected chi connectivity index (χ2v) is 7.23. The molecular weight excluding hydrogens is 268 g/mol. The predicted molar refractivity (Wildman–Crippen MR) is 83.9 cm³/mol. The molecule has 3 rings (SSSR count). The van der Waals surface area contributed by atoms with Crippen molar-refractivity contribution in [3.63, 3.8) is 0 Å². The van der Waals surface area contributed by atoms with Crippen molar-refractivity contribution >= 4 is 17.7 Å². The summed E-state index contributed by atoms with van der Waals surface area (Å²) >= 11 is 2.01. The summed E-state index contributed by atoms with van der Waals surface area (Å²) in [6, 6.07) is 6.49. The van der Waals surface area contributed by atoms with Crippen LogP contribution in [-0.2, 0) is 4.79 Å². The summed E-state index contributed by atoms with van der Waals surface area (Å²) in [6.45, 7) is 5.59. The zero-order chi connectivity index (χ0) is 14.1. The van der Waals surface area contributed by atoms with Crippen LogP contribution in [0.1, 0.15) is 35.7 Å². The van der Waals surface area contributed by atoms with Gasteiger partial charge in [-0.25, -0.2) is 0 Å². The molecule has 2 atom stereocenters. The molecule has 1 N–H and O–H groups in total. The van der Waals surface area contributed by atoms with Gasteiger partial charge in [0, 0.05) is 11.8 Å². The zero-order valence-corrected chi connectivity index (χ0v) is 13.0. The van der Waals surface area contributed by atoms with Gasteiger partial charge in [-0.1, -0.05) is 23.8 Å². The number of amides is 1. The van der Waals surface area contributed by atoms with Crippen LogP contribution in [0.4, 0.5) is 0 Å². The zero-order valence-electron chi connectivity index (χ0n) is 12.2. The minimum Gasteiger partial charge on any atom is -0.321 e. The predicted octanol–water partition coefficient (Wildman–Crippen LogP) is 2.63. The Morgan fingerprint density at radius 3 is 2.95 bits per heavy atom. The van der Waals surface area contributed by atoms with E-state index < -0.39 is 0 Å². The molecule has 4 heteroatoms. The lowest BCUT2D eigenvalue weighted by molar-refractivity contribution is -0.128. The van der Waals surface area contributed by atoms with Gasteiger partial charge in [0.2, 0.25) is 5.91 Å². The average molecular weight is 290 g/mol. The van der Waals surface area contributed by atoms with Gasteiger partial charge in [-0.3, -0.25) is 10.1 Å². The summed E-state index contributed by atoms with van der Waals surface area (Å²) in [4.78, 5) is 14.2. The molecule has 108 valence electrons. The van der Waals surface area contributed by atoms with Crippen molar-refractivity contribution in [1.29, 1.82) is 0 Å². The first-order valence-electron chi connectivity index (χ1n) is 7.37. The fraction of sp³-hybridized carbons (Fsp3) is 0.562. The number of nitrogens with one attached hydrogen (secondary N) is 1. The smallest absolute Gasteiger partial charge is 0.238 e. The second kappa shape index (κ2) is 5.78. The normalized spacial score (nSPS) is 26.5. The van der Waals surface area contributed by atoms with Gasteiger partial charge in [0.05, 0.1) is 6.54 Å². The molecule has 0 bridgehead atoms. The fourth-order valence-corrected chi connectivity index (χ4v) is 4.43. The fourth-order valence-electron chi connectivity index (χ4n) is 3.16. The van der Waals surface area contributed by atoms with Crippen LogP contribution in [0.25, 0.3) is 0 Å². The molecule has 2 unspecified atom stereocenters. The van der Waals surface area contributed by atoms with E-state index in [2.05, 4.69) is 37.4 Å². The van der Waals surface area contributed by atoms with Gasteiger partial charge in [0.1, 0.15) is 6.17 Å². The molecule has 1 aromatic carbocycles. The molecular formula is C16H22N2OS. The van der Waals surface area contributed by atoms with Gasteiger partial charge < -0.3 is 4.90 Å². The Balaban J connectivity index is 1.81. The van der Waals surface area contributed by atoms with Crippen LogP contribution in [0.5, 0.6) is 0 Å². The minimum atomic E-state index is 0.0595. The van der Waals surface area contributed by atoms with Crippen molar-refractivity contribution in [3.8, 4) is 0 Å². The summed E-state index contributed by atoms with van der Waals surface area (Å²) in [5, 5.41) is 3.99. The van der Waals surface area contributed by atoms with E-state index in [1.54, 1.807) is 0 Å². The first-order valence-corrected chi connectivity index (χ1v) is 8.41. The van der Waals surface area contributed by atoms with Crippen molar-refractivity contribution in [2.45, 2.75) is 38.1 Å². The molecule has 0 aliphatic carbocycles. The highest BCUT2D eigenvalue weighted by molar-refractivity contribution is 8.00. The highest BCUT2D eigenvalue weighted by atomic mass is 32.2. The van der Waals surface area contributed by atoms with E-state index in [1.807, 2.05) is 16.7 Å². The molecule has 2 saturated heterocycles. The number of hydrogen-bond donors (Lipinski definition) is 1. The third-order valence-corrected chi connectivity index (χ3v) is 5.60. The van der Waals surface area contributed by atoms with Crippen LogP contribution in [0, 0.1) is 13.8 Å². The summed E-state index contributed by atoms with van der Waals surface area (Å²) in [5.74, 6) is 1.48. The molecule has 0 saturated carbocycles. The van der Waals surface area contributed by atoms with Crippen LogP contribution in [-0.4, -0.2) is 34.9 Å². The monoisotopic (exact) mass is 290 g/mol. The van der Waals surface area contributed by atoms with E-state index in [9.17, 15) is 4.79 Å². The Kier molecular flexibility index (Phi) is 4.03. The molecule has 20 heavy (non-hydrogen) atoms. The molecule has 1 amide bonds. The Hall–Kier alpha value is -1.00. The maximum absolute atomic E-state index is 12.2. The van der Waals surface area contributed by atoms with Crippen molar-refractivity contribution in [3.05, 3.63) is 34.9 Å². The van der Waals surface area contributed by atoms with E-state index >= 15 is 0 Å². The maximum Gasteiger partial charge on any atom is 0.238 e. The summed E-state index contributed by atoms with van der Waals surface area (Å²) in [7, 11) is 0. The Morgan fingerprint density at radius 2 is 2.25 bits per heavy atom. The lowest BCUT2D eigenvalue weighted by Crippen LogP contribution is -2.35. The summed E-state index contributed by atoms with van der Waals surface area (Å²) < 4.78 is 0. The molecule has 0 radical (unpaired) electrons. The summed E-state index contributed by atoms with van der Waals surface area (Å²) in [5.41, 5.74) is 3.78. The number of rotatable bonds is 3. The van der Waals surface area contributed by atoms with E-state index in [0.29, 0.717) is 11.8 Å². The molecule has 2 aliphatic rings. The minimum absolute atomic E-state index is 0.0595. The van der Waals surface area contributed by atoms with Crippen LogP contribution in [0.15, 0.2) is 18.2 Å². The SMILES string of the molecule is Cc1ccc(C2NCC(=O)N2CC2CCCS2)c(C)c1. The quantitative estimate of drug-likeness (QED) is 0.929. The number of nitrogens with zero attached hydrogens (tertiary/aromatic N) is 1. The topological polar surface area (TPSA) is 32.3 Å². The van der Waals surface area contributed by atoms with Crippen molar-refractivity contribution in [2.75, 3.05) is 18.8 Å². The van der Waals surface area contributed by atoms with Crippen LogP contribution in [0.3, 0.4) is 0 Å². The lowest BCUT2D eigenvalue weighted by Gasteiger charge is -2.28. The maximum atomic E-state index is 12.2. The Labute approximate surface area is 125 Å². The van der Waals surface area contributed by atoms with E-state index in [4.69, 9.17) is 0 Å². The third-order valence-electron chi connectivity index (χ3n) is 4.22. The number of aryl methyl sites for hydroxylation is 2. The van der Waals surface area contributed by atoms with Gasteiger partial charge in [0.15, 0.2) is 0 Å². The Bertz CT molecular complexity index is 511. The van der Waals surface area contributed by atoms with Gasteiger partial charge in [-0.15, -0.1) is 0 Å². The number of thioether (sulfide) groups is 1. The summed E-state index contributed by atoms with van der Waals surface area (Å²) in [6.07, 6.45) is 2.59. The van der Waals surface area contributed by atoms with Crippen LogP contribution < -0.4 is 5.32 Å². The molecule has 1 aromatic rings. The largest absolute Gasteiger partial charge is 0.321 e. The van der Waals surface area contributed by atoms with Crippen molar-refractivity contribution in [2.24, 2.45) is 0 Å². The van der Waals surface area contributed by atoms with Crippen molar-refractivity contribution < 1.29 is 4.79 Å². The van der Waals surface area contributed by atoms with E-state index in [1.165, 1.54) is 35.3 Å². The number of hydrogen-bond acceptors (Lipinski definition) is 3. The molecule has 3 nitrogen and oxygen atoms in total. The van der Waals surface area contributed by atoms with Gasteiger partial charge >= 0.3 is 0 Å². The van der Waals surface area contributed by atoms with E-state index in [0.717, 1.165) is 6.54 Å². The highest BCUT2D eigenvalue weighted by Crippen LogP contribution is 2.31. The third kappa shape index (κ3) is 2.72. The van der Waals surface area contributed by atoms with Gasteiger partial charge in [-0.05, 0) is 43.6 Å². The Morgan fingerprint density at radius 1 is 1.40 bits per heavy atom. The lowest BCUT2D eigenvalue weighted by atomic mass is 10.0. The first-order chi connectivity index (χ1) is 9.65. The van der Waals surface area contributed by atoms with Crippen molar-refractivity contribution in [1.82, 2.24) is 10.2 Å². The average Bonchev–Trinajstić information content (AvgIpc) is 3.03. The van der Waals surface area contributed by atoms with Crippen LogP contribution >= 0.6 is 11.8 Å². The van der Waals surface area contributed by atoms with E-state index in [-0.39, 0.29) is 12.1 Å². The highest BCUT2D eigenvalue weighted by Gasteiger charge is 2.34. The van der Waals surface area contributed by atoms with Crippen LogP contribution in [0.2, 0.25) is 0 Å².